The molecular weight excluding hydrogens is 276 g/mol. The summed E-state index contributed by atoms with van der Waals surface area (Å²) in [6.07, 6.45) is 1.69. The van der Waals surface area contributed by atoms with Crippen LogP contribution in [0, 0.1) is 0 Å². The Morgan fingerprint density at radius 1 is 0.955 bits per heavy atom. The Kier molecular flexibility index (Phi) is 2.93. The number of hydrogen-bond acceptors (Lipinski definition) is 4. The average Bonchev–Trinajstić information content (AvgIpc) is 3.06. The van der Waals surface area contributed by atoms with E-state index in [2.05, 4.69) is 5.32 Å². The Bertz CT molecular complexity index is 960. The number of pyridine rings is 1. The van der Waals surface area contributed by atoms with Crippen LogP contribution < -0.4 is 10.1 Å². The van der Waals surface area contributed by atoms with Gasteiger partial charge in [0.15, 0.2) is 0 Å². The number of aromatic nitrogens is 1. The molecule has 4 aromatic rings. The summed E-state index contributed by atoms with van der Waals surface area (Å²) in [5.41, 5.74) is 2.60. The number of para-hydroxylation sites is 3. The fourth-order valence-corrected chi connectivity index (χ4v) is 2.62. The van der Waals surface area contributed by atoms with Gasteiger partial charge in [-0.15, -0.1) is 0 Å². The van der Waals surface area contributed by atoms with Gasteiger partial charge in [-0.2, -0.15) is 0 Å². The van der Waals surface area contributed by atoms with Gasteiger partial charge in [-0.3, -0.25) is 0 Å². The maximum Gasteiger partial charge on any atom is 0.146 e. The number of nitrogens with zero attached hydrogens (tertiary/aromatic N) is 1. The number of methoxy groups -OCH3 is 1. The summed E-state index contributed by atoms with van der Waals surface area (Å²) in [4.78, 5) is 4.72. The Labute approximate surface area is 127 Å². The molecule has 2 aromatic heterocycles. The minimum Gasteiger partial charge on any atom is -0.495 e. The molecular formula is C18H14N2O2. The molecule has 108 valence electrons. The number of ether oxygens (including phenoxy) is 1. The average molecular weight is 290 g/mol. The molecule has 0 fully saturated rings. The Balaban J connectivity index is 1.92. The smallest absolute Gasteiger partial charge is 0.146 e. The Morgan fingerprint density at radius 3 is 2.68 bits per heavy atom. The summed E-state index contributed by atoms with van der Waals surface area (Å²) < 4.78 is 11.0. The third-order valence-electron chi connectivity index (χ3n) is 3.66. The summed E-state index contributed by atoms with van der Waals surface area (Å²) in [5, 5.41) is 5.30. The van der Waals surface area contributed by atoms with Crippen molar-refractivity contribution < 1.29 is 9.15 Å². The van der Waals surface area contributed by atoms with Gasteiger partial charge in [0.2, 0.25) is 0 Å². The predicted molar refractivity (Wildman–Crippen MR) is 87.8 cm³/mol. The molecule has 0 spiro atoms. The lowest BCUT2D eigenvalue weighted by Gasteiger charge is -2.11. The highest BCUT2D eigenvalue weighted by molar-refractivity contribution is 6.07. The molecule has 2 aromatic carbocycles. The summed E-state index contributed by atoms with van der Waals surface area (Å²) in [6, 6.07) is 17.6. The van der Waals surface area contributed by atoms with E-state index in [1.165, 1.54) is 0 Å². The maximum atomic E-state index is 5.65. The zero-order valence-electron chi connectivity index (χ0n) is 12.0. The molecule has 2 heterocycles. The lowest BCUT2D eigenvalue weighted by Crippen LogP contribution is -1.97. The van der Waals surface area contributed by atoms with Crippen molar-refractivity contribution >= 4 is 33.4 Å². The van der Waals surface area contributed by atoms with E-state index in [0.29, 0.717) is 0 Å². The summed E-state index contributed by atoms with van der Waals surface area (Å²) >= 11 is 0. The van der Waals surface area contributed by atoms with Crippen LogP contribution in [-0.2, 0) is 0 Å². The number of rotatable bonds is 3. The van der Waals surface area contributed by atoms with Gasteiger partial charge in [0.05, 0.1) is 30.0 Å². The summed E-state index contributed by atoms with van der Waals surface area (Å²) in [6.45, 7) is 0. The molecule has 22 heavy (non-hydrogen) atoms. The normalized spacial score (nSPS) is 11.0. The predicted octanol–water partition coefficient (Wildman–Crippen LogP) is 4.73. The van der Waals surface area contributed by atoms with E-state index in [1.54, 1.807) is 13.4 Å². The molecule has 4 rings (SSSR count). The molecule has 4 nitrogen and oxygen atoms in total. The van der Waals surface area contributed by atoms with E-state index in [0.717, 1.165) is 39.1 Å². The molecule has 0 aliphatic carbocycles. The van der Waals surface area contributed by atoms with Gasteiger partial charge >= 0.3 is 0 Å². The summed E-state index contributed by atoms with van der Waals surface area (Å²) in [7, 11) is 1.65. The Hall–Kier alpha value is -3.01. The minimum atomic E-state index is 0.756. The van der Waals surface area contributed by atoms with Gasteiger partial charge in [-0.25, -0.2) is 4.98 Å². The third kappa shape index (κ3) is 1.97. The lowest BCUT2D eigenvalue weighted by atomic mass is 10.1. The maximum absolute atomic E-state index is 5.65. The molecule has 0 radical (unpaired) electrons. The van der Waals surface area contributed by atoms with Gasteiger partial charge in [0.25, 0.3) is 0 Å². The number of fused-ring (bicyclic) bond motifs is 3. The molecule has 0 aliphatic heterocycles. The zero-order valence-corrected chi connectivity index (χ0v) is 12.0. The molecule has 0 atom stereocenters. The largest absolute Gasteiger partial charge is 0.495 e. The van der Waals surface area contributed by atoms with E-state index >= 15 is 0 Å². The van der Waals surface area contributed by atoms with Gasteiger partial charge in [0.1, 0.15) is 17.2 Å². The van der Waals surface area contributed by atoms with Crippen molar-refractivity contribution in [2.45, 2.75) is 0 Å². The number of furan rings is 1. The van der Waals surface area contributed by atoms with Crippen LogP contribution in [0.25, 0.3) is 21.9 Å². The second-order valence-electron chi connectivity index (χ2n) is 4.97. The number of hydrogen-bond donors (Lipinski definition) is 1. The van der Waals surface area contributed by atoms with Crippen molar-refractivity contribution in [3.05, 3.63) is 60.9 Å². The number of anilines is 2. The molecule has 0 amide bonds. The van der Waals surface area contributed by atoms with Crippen LogP contribution in [0.5, 0.6) is 5.75 Å². The lowest BCUT2D eigenvalue weighted by molar-refractivity contribution is 0.417. The zero-order chi connectivity index (χ0) is 14.9. The highest BCUT2D eigenvalue weighted by Gasteiger charge is 2.12. The van der Waals surface area contributed by atoms with Crippen LogP contribution in [0.1, 0.15) is 0 Å². The van der Waals surface area contributed by atoms with Crippen LogP contribution in [0.4, 0.5) is 11.5 Å². The first kappa shape index (κ1) is 12.7. The van der Waals surface area contributed by atoms with Crippen molar-refractivity contribution in [1.82, 2.24) is 4.98 Å². The number of nitrogens with one attached hydrogen (secondary N) is 1. The molecule has 4 heteroatoms. The molecule has 0 saturated heterocycles. The second kappa shape index (κ2) is 5.07. The van der Waals surface area contributed by atoms with E-state index in [-0.39, 0.29) is 0 Å². The Morgan fingerprint density at radius 2 is 1.77 bits per heavy atom. The van der Waals surface area contributed by atoms with Crippen molar-refractivity contribution in [1.29, 1.82) is 0 Å². The minimum absolute atomic E-state index is 0.756. The first-order chi connectivity index (χ1) is 10.9. The fraction of sp³-hybridized carbons (Fsp3) is 0.0556. The van der Waals surface area contributed by atoms with Gasteiger partial charge < -0.3 is 14.5 Å². The van der Waals surface area contributed by atoms with Crippen LogP contribution in [-0.4, -0.2) is 12.1 Å². The van der Waals surface area contributed by atoms with Gasteiger partial charge in [0, 0.05) is 5.39 Å². The standard InChI is InChI=1S/C18H14N2O2/c1-21-16-9-5-4-8-15(16)20-18-13-10-11-22-17(13)12-6-2-3-7-14(12)19-18/h2-11H,1H3,(H,19,20). The van der Waals surface area contributed by atoms with E-state index < -0.39 is 0 Å². The SMILES string of the molecule is COc1ccccc1Nc1nc2ccccc2c2occc12. The van der Waals surface area contributed by atoms with Crippen LogP contribution >= 0.6 is 0 Å². The topological polar surface area (TPSA) is 47.3 Å². The van der Waals surface area contributed by atoms with Crippen molar-refractivity contribution in [2.75, 3.05) is 12.4 Å². The fourth-order valence-electron chi connectivity index (χ4n) is 2.62. The van der Waals surface area contributed by atoms with Crippen molar-refractivity contribution in [2.24, 2.45) is 0 Å². The summed E-state index contributed by atoms with van der Waals surface area (Å²) in [5.74, 6) is 1.53. The van der Waals surface area contributed by atoms with E-state index in [4.69, 9.17) is 14.1 Å². The van der Waals surface area contributed by atoms with E-state index in [1.807, 2.05) is 54.6 Å². The van der Waals surface area contributed by atoms with Crippen molar-refractivity contribution in [3.8, 4) is 5.75 Å². The second-order valence-corrected chi connectivity index (χ2v) is 4.97. The quantitative estimate of drug-likeness (QED) is 0.592. The first-order valence-electron chi connectivity index (χ1n) is 7.03. The van der Waals surface area contributed by atoms with Gasteiger partial charge in [-0.1, -0.05) is 24.3 Å². The monoisotopic (exact) mass is 290 g/mol. The van der Waals surface area contributed by atoms with Crippen LogP contribution in [0.15, 0.2) is 65.3 Å². The highest BCUT2D eigenvalue weighted by atomic mass is 16.5. The highest BCUT2D eigenvalue weighted by Crippen LogP contribution is 2.33. The van der Waals surface area contributed by atoms with Crippen LogP contribution in [0.2, 0.25) is 0 Å². The molecule has 0 saturated carbocycles. The molecule has 0 unspecified atom stereocenters. The van der Waals surface area contributed by atoms with Gasteiger partial charge in [-0.05, 0) is 30.3 Å². The number of benzene rings is 2. The molecule has 1 N–H and O–H groups in total. The first-order valence-corrected chi connectivity index (χ1v) is 7.03. The molecule has 0 aliphatic rings. The van der Waals surface area contributed by atoms with E-state index in [9.17, 15) is 0 Å². The third-order valence-corrected chi connectivity index (χ3v) is 3.66. The van der Waals surface area contributed by atoms with Crippen LogP contribution in [0.3, 0.4) is 0 Å². The molecule has 0 bridgehead atoms. The van der Waals surface area contributed by atoms with Crippen molar-refractivity contribution in [3.63, 3.8) is 0 Å².